The molecule has 0 fully saturated rings. The zero-order valence-electron chi connectivity index (χ0n) is 11.5. The summed E-state index contributed by atoms with van der Waals surface area (Å²) in [5.74, 6) is -0.818. The van der Waals surface area contributed by atoms with Crippen molar-refractivity contribution in [2.45, 2.75) is 27.2 Å². The van der Waals surface area contributed by atoms with Gasteiger partial charge in [0.2, 0.25) is 11.8 Å². The maximum Gasteiger partial charge on any atom is 0.321 e. The van der Waals surface area contributed by atoms with Gasteiger partial charge in [0.15, 0.2) is 0 Å². The number of anilines is 1. The van der Waals surface area contributed by atoms with Crippen molar-refractivity contribution < 1.29 is 46.3 Å². The van der Waals surface area contributed by atoms with Crippen LogP contribution in [0.25, 0.3) is 0 Å². The van der Waals surface area contributed by atoms with Gasteiger partial charge in [0, 0.05) is 44.9 Å². The predicted octanol–water partition coefficient (Wildman–Crippen LogP) is 2.44. The van der Waals surface area contributed by atoms with E-state index >= 15 is 0 Å². The molecule has 1 N–H and O–H groups in total. The number of nitrogens with zero attached hydrogens (tertiary/aromatic N) is 2. The molecule has 0 aliphatic heterocycles. The number of carbonyl (C=O) groups is 1. The first-order chi connectivity index (χ1) is 9.01. The predicted molar refractivity (Wildman–Crippen MR) is 66.3 cm³/mol. The molecule has 1 amide bonds. The number of hydrogen-bond donors (Lipinski definition) is 1. The first kappa shape index (κ1) is 16.9. The van der Waals surface area contributed by atoms with Crippen LogP contribution >= 0.6 is 0 Å². The average Bonchev–Trinajstić information content (AvgIpc) is 2.75. The average molecular weight is 351 g/mol. The fourth-order valence-corrected chi connectivity index (χ4v) is 1.72. The number of aryl methyl sites for hydroxylation is 3. The standard InChI is InChI=1S/C13H13FN3O2.Y/c1-4-10-16-17-13(19-10)15-12(18)11-8(3)5-7(2)6-9(11)14;/h6H,4H2,1-3H3,(H,15,17,18);/q-1;. The molecule has 1 radical (unpaired) electrons. The first-order valence-corrected chi connectivity index (χ1v) is 5.84. The Morgan fingerprint density at radius 1 is 1.45 bits per heavy atom. The Morgan fingerprint density at radius 3 is 2.70 bits per heavy atom. The van der Waals surface area contributed by atoms with Gasteiger partial charge in [0.1, 0.15) is 0 Å². The molecular formula is C13H13FN3O2Y-. The fourth-order valence-electron chi connectivity index (χ4n) is 1.72. The van der Waals surface area contributed by atoms with E-state index in [1.54, 1.807) is 13.8 Å². The molecule has 0 saturated heterocycles. The van der Waals surface area contributed by atoms with Crippen LogP contribution in [0.2, 0.25) is 0 Å². The van der Waals surface area contributed by atoms with E-state index in [0.29, 0.717) is 23.4 Å². The third kappa shape index (κ3) is 3.70. The van der Waals surface area contributed by atoms with E-state index in [9.17, 15) is 9.18 Å². The molecule has 0 saturated carbocycles. The molecule has 20 heavy (non-hydrogen) atoms. The van der Waals surface area contributed by atoms with E-state index in [2.05, 4.69) is 21.6 Å². The molecule has 2 aromatic rings. The van der Waals surface area contributed by atoms with Crippen LogP contribution in [-0.2, 0) is 39.1 Å². The summed E-state index contributed by atoms with van der Waals surface area (Å²) < 4.78 is 18.9. The normalized spacial score (nSPS) is 10.0. The van der Waals surface area contributed by atoms with Crippen molar-refractivity contribution in [1.29, 1.82) is 0 Å². The summed E-state index contributed by atoms with van der Waals surface area (Å²) in [6.45, 7) is 5.18. The van der Waals surface area contributed by atoms with Crippen molar-refractivity contribution in [2.75, 3.05) is 5.32 Å². The second kappa shape index (κ2) is 7.04. The van der Waals surface area contributed by atoms with Gasteiger partial charge in [-0.1, -0.05) is 25.9 Å². The summed E-state index contributed by atoms with van der Waals surface area (Å²) in [5.41, 5.74) is 1.00. The van der Waals surface area contributed by atoms with Crippen LogP contribution in [0.5, 0.6) is 0 Å². The number of aromatic nitrogens is 2. The topological polar surface area (TPSA) is 68.0 Å². The second-order valence-electron chi connectivity index (χ2n) is 4.11. The van der Waals surface area contributed by atoms with E-state index in [0.717, 1.165) is 0 Å². The molecular weight excluding hydrogens is 338 g/mol. The molecule has 0 atom stereocenters. The zero-order valence-corrected chi connectivity index (χ0v) is 14.3. The van der Waals surface area contributed by atoms with Gasteiger partial charge in [-0.15, -0.1) is 16.7 Å². The quantitative estimate of drug-likeness (QED) is 0.863. The number of hydrogen-bond acceptors (Lipinski definition) is 4. The summed E-state index contributed by atoms with van der Waals surface area (Å²) in [5, 5.41) is 9.73. The number of halogens is 1. The Hall–Kier alpha value is -1.14. The summed E-state index contributed by atoms with van der Waals surface area (Å²) >= 11 is 0. The zero-order chi connectivity index (χ0) is 14.0. The van der Waals surface area contributed by atoms with Crippen LogP contribution < -0.4 is 5.32 Å². The van der Waals surface area contributed by atoms with Crippen molar-refractivity contribution in [2.24, 2.45) is 0 Å². The Labute approximate surface area is 141 Å². The van der Waals surface area contributed by atoms with Crippen LogP contribution in [0.1, 0.15) is 34.3 Å². The van der Waals surface area contributed by atoms with Crippen molar-refractivity contribution in [3.8, 4) is 0 Å². The van der Waals surface area contributed by atoms with E-state index in [1.165, 1.54) is 6.07 Å². The molecule has 0 bridgehead atoms. The van der Waals surface area contributed by atoms with Crippen LogP contribution in [0.4, 0.5) is 10.4 Å². The molecule has 0 spiro atoms. The van der Waals surface area contributed by atoms with Gasteiger partial charge in [-0.05, 0) is 5.56 Å². The third-order valence-electron chi connectivity index (χ3n) is 2.56. The summed E-state index contributed by atoms with van der Waals surface area (Å²) in [4.78, 5) is 12.0. The molecule has 103 valence electrons. The van der Waals surface area contributed by atoms with Gasteiger partial charge in [0.25, 0.3) is 0 Å². The number of rotatable bonds is 3. The SMILES string of the molecule is CCc1nnc(NC(=O)c2c(C)[c-]c(C)cc2F)o1.[Y]. The Kier molecular flexibility index (Phi) is 5.95. The largest absolute Gasteiger partial charge is 0.408 e. The van der Waals surface area contributed by atoms with Gasteiger partial charge < -0.3 is 4.42 Å². The fraction of sp³-hybridized carbons (Fsp3) is 0.308. The van der Waals surface area contributed by atoms with E-state index < -0.39 is 11.7 Å². The first-order valence-electron chi connectivity index (χ1n) is 5.84. The van der Waals surface area contributed by atoms with Crippen LogP contribution in [0.3, 0.4) is 0 Å². The molecule has 2 rings (SSSR count). The van der Waals surface area contributed by atoms with Crippen molar-refractivity contribution in [3.05, 3.63) is 40.5 Å². The van der Waals surface area contributed by atoms with Crippen LogP contribution in [0, 0.1) is 25.7 Å². The Morgan fingerprint density at radius 2 is 2.15 bits per heavy atom. The minimum Gasteiger partial charge on any atom is -0.408 e. The number of amides is 1. The molecule has 1 heterocycles. The Balaban J connectivity index is 0.00000200. The van der Waals surface area contributed by atoms with Crippen LogP contribution in [-0.4, -0.2) is 16.1 Å². The summed E-state index contributed by atoms with van der Waals surface area (Å²) in [6.07, 6.45) is 0.564. The van der Waals surface area contributed by atoms with Gasteiger partial charge >= 0.3 is 6.01 Å². The molecule has 0 aliphatic rings. The van der Waals surface area contributed by atoms with Gasteiger partial charge in [-0.2, -0.15) is 11.6 Å². The molecule has 5 nitrogen and oxygen atoms in total. The van der Waals surface area contributed by atoms with E-state index in [-0.39, 0.29) is 44.3 Å². The number of carbonyl (C=O) groups excluding carboxylic acids is 1. The smallest absolute Gasteiger partial charge is 0.321 e. The maximum atomic E-state index is 13.8. The van der Waals surface area contributed by atoms with Crippen molar-refractivity contribution in [1.82, 2.24) is 10.2 Å². The molecule has 0 aliphatic carbocycles. The molecule has 7 heteroatoms. The van der Waals surface area contributed by atoms with E-state index in [1.807, 2.05) is 6.92 Å². The van der Waals surface area contributed by atoms with Gasteiger partial charge in [-0.3, -0.25) is 10.1 Å². The summed E-state index contributed by atoms with van der Waals surface area (Å²) in [7, 11) is 0. The Bertz CT molecular complexity index is 605. The maximum absolute atomic E-state index is 13.8. The van der Waals surface area contributed by atoms with Crippen molar-refractivity contribution in [3.63, 3.8) is 0 Å². The second-order valence-corrected chi connectivity index (χ2v) is 4.11. The molecule has 1 aromatic carbocycles. The van der Waals surface area contributed by atoms with E-state index in [4.69, 9.17) is 4.42 Å². The minimum atomic E-state index is -0.627. The third-order valence-corrected chi connectivity index (χ3v) is 2.56. The number of benzene rings is 1. The van der Waals surface area contributed by atoms with Gasteiger partial charge in [-0.25, -0.2) is 4.39 Å². The van der Waals surface area contributed by atoms with Gasteiger partial charge in [0.05, 0.1) is 0 Å². The molecule has 1 aromatic heterocycles. The number of nitrogens with one attached hydrogen (secondary N) is 1. The molecule has 0 unspecified atom stereocenters. The minimum absolute atomic E-state index is 0. The van der Waals surface area contributed by atoms with Crippen molar-refractivity contribution >= 4 is 11.9 Å². The monoisotopic (exact) mass is 351 g/mol. The summed E-state index contributed by atoms with van der Waals surface area (Å²) in [6, 6.07) is 4.11. The van der Waals surface area contributed by atoms with Crippen LogP contribution in [0.15, 0.2) is 10.5 Å².